The second-order valence-corrected chi connectivity index (χ2v) is 2.82. The van der Waals surface area contributed by atoms with Gasteiger partial charge in [0.2, 0.25) is 0 Å². The molecule has 0 aromatic rings. The summed E-state index contributed by atoms with van der Waals surface area (Å²) in [6.45, 7) is 0. The predicted octanol–water partition coefficient (Wildman–Crippen LogP) is 0.453. The van der Waals surface area contributed by atoms with Crippen LogP contribution in [0.3, 0.4) is 0 Å². The summed E-state index contributed by atoms with van der Waals surface area (Å²) in [5.74, 6) is 0.131. The van der Waals surface area contributed by atoms with Crippen molar-refractivity contribution in [2.45, 2.75) is 18.9 Å². The number of hydrogen-bond donors (Lipinski definition) is 1. The van der Waals surface area contributed by atoms with E-state index in [1.807, 2.05) is 12.2 Å². The minimum absolute atomic E-state index is 0.129. The summed E-state index contributed by atoms with van der Waals surface area (Å²) >= 11 is 0. The number of hydrogen-bond acceptors (Lipinski definition) is 3. The highest BCUT2D eigenvalue weighted by Crippen LogP contribution is 2.19. The molecule has 0 aliphatic heterocycles. The van der Waals surface area contributed by atoms with Gasteiger partial charge in [-0.1, -0.05) is 12.2 Å². The molecule has 0 aromatic carbocycles. The molecule has 62 valence electrons. The molecular weight excluding hydrogens is 142 g/mol. The minimum Gasteiger partial charge on any atom is -0.469 e. The van der Waals surface area contributed by atoms with Crippen LogP contribution in [0.15, 0.2) is 12.2 Å². The van der Waals surface area contributed by atoms with Crippen molar-refractivity contribution >= 4 is 5.97 Å². The molecule has 2 atom stereocenters. The van der Waals surface area contributed by atoms with Crippen LogP contribution in [0.1, 0.15) is 12.8 Å². The molecule has 0 saturated carbocycles. The van der Waals surface area contributed by atoms with E-state index in [1.54, 1.807) is 0 Å². The normalized spacial score (nSPS) is 28.9. The number of allylic oxidation sites excluding steroid dienone is 1. The first-order valence-corrected chi connectivity index (χ1v) is 3.73. The zero-order valence-corrected chi connectivity index (χ0v) is 6.62. The van der Waals surface area contributed by atoms with Crippen molar-refractivity contribution in [2.24, 2.45) is 11.7 Å². The lowest BCUT2D eigenvalue weighted by atomic mass is 10.0. The molecule has 11 heavy (non-hydrogen) atoms. The van der Waals surface area contributed by atoms with Gasteiger partial charge in [-0.2, -0.15) is 0 Å². The van der Waals surface area contributed by atoms with Crippen molar-refractivity contribution in [1.82, 2.24) is 0 Å². The molecule has 0 aromatic heterocycles. The van der Waals surface area contributed by atoms with Gasteiger partial charge in [0.05, 0.1) is 13.5 Å². The molecule has 3 nitrogen and oxygen atoms in total. The minimum atomic E-state index is -0.159. The van der Waals surface area contributed by atoms with Crippen molar-refractivity contribution in [3.8, 4) is 0 Å². The fraction of sp³-hybridized carbons (Fsp3) is 0.625. The van der Waals surface area contributed by atoms with Crippen LogP contribution in [0.4, 0.5) is 0 Å². The maximum Gasteiger partial charge on any atom is 0.306 e. The van der Waals surface area contributed by atoms with Crippen LogP contribution in [0.25, 0.3) is 0 Å². The van der Waals surface area contributed by atoms with Gasteiger partial charge in [0.15, 0.2) is 0 Å². The van der Waals surface area contributed by atoms with E-state index in [9.17, 15) is 4.79 Å². The maximum absolute atomic E-state index is 10.8. The van der Waals surface area contributed by atoms with E-state index in [2.05, 4.69) is 4.74 Å². The number of ether oxygens (including phenoxy) is 1. The Morgan fingerprint density at radius 2 is 2.45 bits per heavy atom. The molecule has 0 bridgehead atoms. The summed E-state index contributed by atoms with van der Waals surface area (Å²) in [5.41, 5.74) is 5.60. The summed E-state index contributed by atoms with van der Waals surface area (Å²) in [4.78, 5) is 10.8. The summed E-state index contributed by atoms with van der Waals surface area (Å²) in [5, 5.41) is 0. The lowest BCUT2D eigenvalue weighted by Crippen LogP contribution is -2.16. The van der Waals surface area contributed by atoms with E-state index < -0.39 is 0 Å². The second-order valence-electron chi connectivity index (χ2n) is 2.82. The third-order valence-electron chi connectivity index (χ3n) is 1.86. The van der Waals surface area contributed by atoms with Gasteiger partial charge in [-0.3, -0.25) is 4.79 Å². The van der Waals surface area contributed by atoms with Crippen LogP contribution in [0, 0.1) is 5.92 Å². The molecular formula is C8H13NO2. The highest BCUT2D eigenvalue weighted by molar-refractivity contribution is 5.69. The molecule has 0 saturated heterocycles. The smallest absolute Gasteiger partial charge is 0.306 e. The van der Waals surface area contributed by atoms with Crippen LogP contribution in [0.5, 0.6) is 0 Å². The molecule has 1 aliphatic rings. The Morgan fingerprint density at radius 1 is 1.73 bits per heavy atom. The molecule has 1 rings (SSSR count). The van der Waals surface area contributed by atoms with E-state index in [4.69, 9.17) is 5.73 Å². The molecule has 0 unspecified atom stereocenters. The zero-order chi connectivity index (χ0) is 8.27. The SMILES string of the molecule is COC(=O)C[C@H]1C=C[C@@H](N)C1. The van der Waals surface area contributed by atoms with Gasteiger partial charge in [-0.25, -0.2) is 0 Å². The second kappa shape index (κ2) is 3.53. The topological polar surface area (TPSA) is 52.3 Å². The molecule has 0 spiro atoms. The van der Waals surface area contributed by atoms with Gasteiger partial charge >= 0.3 is 5.97 Å². The summed E-state index contributed by atoms with van der Waals surface area (Å²) in [6, 6.07) is 0.129. The molecule has 1 aliphatic carbocycles. The van der Waals surface area contributed by atoms with Gasteiger partial charge in [0.25, 0.3) is 0 Å². The maximum atomic E-state index is 10.8. The first-order valence-electron chi connectivity index (χ1n) is 3.73. The molecule has 0 fully saturated rings. The van der Waals surface area contributed by atoms with Crippen LogP contribution < -0.4 is 5.73 Å². The summed E-state index contributed by atoms with van der Waals surface area (Å²) in [7, 11) is 1.40. The lowest BCUT2D eigenvalue weighted by molar-refractivity contribution is -0.141. The highest BCUT2D eigenvalue weighted by Gasteiger charge is 2.18. The van der Waals surface area contributed by atoms with E-state index in [-0.39, 0.29) is 17.9 Å². The van der Waals surface area contributed by atoms with Gasteiger partial charge < -0.3 is 10.5 Å². The van der Waals surface area contributed by atoms with E-state index in [0.29, 0.717) is 6.42 Å². The standard InChI is InChI=1S/C8H13NO2/c1-11-8(10)5-6-2-3-7(9)4-6/h2-3,6-7H,4-5,9H2,1H3/t6-,7+/m0/s1. The molecule has 0 heterocycles. The average molecular weight is 155 g/mol. The Labute approximate surface area is 66.2 Å². The molecule has 2 N–H and O–H groups in total. The van der Waals surface area contributed by atoms with Crippen LogP contribution in [-0.4, -0.2) is 19.1 Å². The molecule has 0 amide bonds. The average Bonchev–Trinajstić information content (AvgIpc) is 2.35. The Kier molecular flexibility index (Phi) is 2.65. The van der Waals surface area contributed by atoms with Gasteiger partial charge in [-0.15, -0.1) is 0 Å². The largest absolute Gasteiger partial charge is 0.469 e. The highest BCUT2D eigenvalue weighted by atomic mass is 16.5. The monoisotopic (exact) mass is 155 g/mol. The van der Waals surface area contributed by atoms with Crippen molar-refractivity contribution in [3.05, 3.63) is 12.2 Å². The van der Waals surface area contributed by atoms with Crippen LogP contribution in [-0.2, 0) is 9.53 Å². The van der Waals surface area contributed by atoms with Crippen LogP contribution >= 0.6 is 0 Å². The number of carbonyl (C=O) groups excluding carboxylic acids is 1. The quantitative estimate of drug-likeness (QED) is 0.465. The third-order valence-corrected chi connectivity index (χ3v) is 1.86. The van der Waals surface area contributed by atoms with E-state index in [0.717, 1.165) is 6.42 Å². The van der Waals surface area contributed by atoms with Gasteiger partial charge in [0, 0.05) is 6.04 Å². The van der Waals surface area contributed by atoms with Crippen molar-refractivity contribution in [1.29, 1.82) is 0 Å². The number of rotatable bonds is 2. The zero-order valence-electron chi connectivity index (χ0n) is 6.62. The Bertz CT molecular complexity index is 177. The number of methoxy groups -OCH3 is 1. The molecule has 0 radical (unpaired) electrons. The molecule has 3 heteroatoms. The van der Waals surface area contributed by atoms with E-state index >= 15 is 0 Å². The fourth-order valence-electron chi connectivity index (χ4n) is 1.26. The van der Waals surface area contributed by atoms with Crippen molar-refractivity contribution in [3.63, 3.8) is 0 Å². The van der Waals surface area contributed by atoms with Crippen molar-refractivity contribution in [2.75, 3.05) is 7.11 Å². The predicted molar refractivity (Wildman–Crippen MR) is 41.9 cm³/mol. The third kappa shape index (κ3) is 2.35. The van der Waals surface area contributed by atoms with Crippen molar-refractivity contribution < 1.29 is 9.53 Å². The fourth-order valence-corrected chi connectivity index (χ4v) is 1.26. The Hall–Kier alpha value is -0.830. The number of esters is 1. The summed E-state index contributed by atoms with van der Waals surface area (Å²) in [6.07, 6.45) is 5.25. The van der Waals surface area contributed by atoms with Gasteiger partial charge in [-0.05, 0) is 12.3 Å². The lowest BCUT2D eigenvalue weighted by Gasteiger charge is -2.06. The van der Waals surface area contributed by atoms with E-state index in [1.165, 1.54) is 7.11 Å². The van der Waals surface area contributed by atoms with Gasteiger partial charge in [0.1, 0.15) is 0 Å². The number of nitrogens with two attached hydrogens (primary N) is 1. The Morgan fingerprint density at radius 3 is 2.91 bits per heavy atom. The first kappa shape index (κ1) is 8.27. The first-order chi connectivity index (χ1) is 5.22. The number of carbonyl (C=O) groups is 1. The Balaban J connectivity index is 2.29. The summed E-state index contributed by atoms with van der Waals surface area (Å²) < 4.78 is 4.53. The van der Waals surface area contributed by atoms with Crippen LogP contribution in [0.2, 0.25) is 0 Å².